The standard InChI is InChI=1S/C24H30N2O2/c1-3-9-22-20(6-1)8-5-10-23(22)25-13-16-27-18-19-28-17-15-26-14-12-21-7-2-4-11-24(21)26/h1-4,6-7,9,11-12,14,23,25H,5,8,10,13,15-19H2. The average molecular weight is 379 g/mol. The van der Waals surface area contributed by atoms with Gasteiger partial charge in [-0.3, -0.25) is 0 Å². The Morgan fingerprint density at radius 1 is 0.893 bits per heavy atom. The highest BCUT2D eigenvalue weighted by molar-refractivity contribution is 5.79. The second kappa shape index (κ2) is 9.87. The van der Waals surface area contributed by atoms with Gasteiger partial charge in [0.25, 0.3) is 0 Å². The summed E-state index contributed by atoms with van der Waals surface area (Å²) in [4.78, 5) is 0. The van der Waals surface area contributed by atoms with Gasteiger partial charge in [-0.1, -0.05) is 42.5 Å². The Bertz CT molecular complexity index is 874. The van der Waals surface area contributed by atoms with Crippen LogP contribution in [0.25, 0.3) is 10.9 Å². The lowest BCUT2D eigenvalue weighted by Crippen LogP contribution is -2.28. The molecule has 4 heteroatoms. The van der Waals surface area contributed by atoms with Gasteiger partial charge >= 0.3 is 0 Å². The molecule has 1 aromatic heterocycles. The Morgan fingerprint density at radius 2 is 1.71 bits per heavy atom. The van der Waals surface area contributed by atoms with Crippen LogP contribution in [0.15, 0.2) is 60.8 Å². The molecule has 1 atom stereocenters. The molecule has 0 bridgehead atoms. The third-order valence-electron chi connectivity index (χ3n) is 5.54. The molecule has 148 valence electrons. The first kappa shape index (κ1) is 19.2. The Balaban J connectivity index is 1.07. The normalized spacial score (nSPS) is 16.4. The predicted octanol–water partition coefficient (Wildman–Crippen LogP) is 4.34. The molecule has 0 amide bonds. The van der Waals surface area contributed by atoms with Gasteiger partial charge in [0.1, 0.15) is 0 Å². The quantitative estimate of drug-likeness (QED) is 0.533. The lowest BCUT2D eigenvalue weighted by Gasteiger charge is -2.26. The molecule has 4 nitrogen and oxygen atoms in total. The van der Waals surface area contributed by atoms with Crippen LogP contribution in [0.4, 0.5) is 0 Å². The van der Waals surface area contributed by atoms with Gasteiger partial charge in [0.05, 0.1) is 26.4 Å². The number of fused-ring (bicyclic) bond motifs is 2. The zero-order chi connectivity index (χ0) is 19.0. The Morgan fingerprint density at radius 3 is 2.68 bits per heavy atom. The van der Waals surface area contributed by atoms with E-state index in [4.69, 9.17) is 9.47 Å². The number of ether oxygens (including phenoxy) is 2. The second-order valence-electron chi connectivity index (χ2n) is 7.39. The van der Waals surface area contributed by atoms with E-state index in [0.29, 0.717) is 25.9 Å². The van der Waals surface area contributed by atoms with E-state index in [1.165, 1.54) is 41.3 Å². The molecule has 0 saturated carbocycles. The number of hydrogen-bond acceptors (Lipinski definition) is 3. The van der Waals surface area contributed by atoms with Crippen molar-refractivity contribution in [2.75, 3.05) is 33.0 Å². The van der Waals surface area contributed by atoms with E-state index in [9.17, 15) is 0 Å². The van der Waals surface area contributed by atoms with Crippen molar-refractivity contribution < 1.29 is 9.47 Å². The fourth-order valence-electron chi connectivity index (χ4n) is 4.09. The summed E-state index contributed by atoms with van der Waals surface area (Å²) in [5.41, 5.74) is 4.23. The maximum atomic E-state index is 5.73. The molecule has 1 aliphatic rings. The molecule has 2 aromatic carbocycles. The van der Waals surface area contributed by atoms with Gasteiger partial charge in [-0.25, -0.2) is 0 Å². The third kappa shape index (κ3) is 4.82. The first-order chi connectivity index (χ1) is 13.9. The third-order valence-corrected chi connectivity index (χ3v) is 5.54. The molecule has 1 unspecified atom stereocenters. The Hall–Kier alpha value is -2.14. The monoisotopic (exact) mass is 378 g/mol. The molecule has 28 heavy (non-hydrogen) atoms. The zero-order valence-electron chi connectivity index (χ0n) is 16.5. The van der Waals surface area contributed by atoms with Crippen LogP contribution in [0.2, 0.25) is 0 Å². The summed E-state index contributed by atoms with van der Waals surface area (Å²) in [7, 11) is 0. The predicted molar refractivity (Wildman–Crippen MR) is 114 cm³/mol. The smallest absolute Gasteiger partial charge is 0.0701 e. The van der Waals surface area contributed by atoms with Gasteiger partial charge in [0.2, 0.25) is 0 Å². The molecule has 0 fully saturated rings. The van der Waals surface area contributed by atoms with Crippen LogP contribution in [0.1, 0.15) is 30.0 Å². The topological polar surface area (TPSA) is 35.4 Å². The number of nitrogens with zero attached hydrogens (tertiary/aromatic N) is 1. The number of hydrogen-bond donors (Lipinski definition) is 1. The number of aromatic nitrogens is 1. The van der Waals surface area contributed by atoms with E-state index in [2.05, 4.69) is 70.7 Å². The van der Waals surface area contributed by atoms with E-state index in [0.717, 1.165) is 19.7 Å². The van der Waals surface area contributed by atoms with Gasteiger partial charge in [-0.2, -0.15) is 0 Å². The van der Waals surface area contributed by atoms with Crippen molar-refractivity contribution in [3.05, 3.63) is 71.9 Å². The van der Waals surface area contributed by atoms with Crippen LogP contribution < -0.4 is 5.32 Å². The van der Waals surface area contributed by atoms with Gasteiger partial charge in [0.15, 0.2) is 0 Å². The van der Waals surface area contributed by atoms with Gasteiger partial charge in [-0.15, -0.1) is 0 Å². The maximum Gasteiger partial charge on any atom is 0.0701 e. The average Bonchev–Trinajstić information content (AvgIpc) is 3.16. The van der Waals surface area contributed by atoms with Crippen LogP contribution in [-0.2, 0) is 22.4 Å². The number of para-hydroxylation sites is 1. The molecular weight excluding hydrogens is 348 g/mol. The van der Waals surface area contributed by atoms with Crippen LogP contribution in [-0.4, -0.2) is 37.5 Å². The van der Waals surface area contributed by atoms with Crippen molar-refractivity contribution in [2.45, 2.75) is 31.8 Å². The van der Waals surface area contributed by atoms with E-state index in [1.54, 1.807) is 0 Å². The van der Waals surface area contributed by atoms with Crippen molar-refractivity contribution in [1.82, 2.24) is 9.88 Å². The molecule has 4 rings (SSSR count). The summed E-state index contributed by atoms with van der Waals surface area (Å²) >= 11 is 0. The number of aryl methyl sites for hydroxylation is 1. The summed E-state index contributed by atoms with van der Waals surface area (Å²) < 4.78 is 13.7. The highest BCUT2D eigenvalue weighted by Crippen LogP contribution is 2.29. The molecule has 0 spiro atoms. The van der Waals surface area contributed by atoms with Crippen molar-refractivity contribution >= 4 is 10.9 Å². The minimum atomic E-state index is 0.473. The molecular formula is C24H30N2O2. The van der Waals surface area contributed by atoms with Crippen LogP contribution in [0, 0.1) is 0 Å². The number of benzene rings is 2. The van der Waals surface area contributed by atoms with Gasteiger partial charge in [0, 0.05) is 30.8 Å². The van der Waals surface area contributed by atoms with E-state index >= 15 is 0 Å². The molecule has 0 radical (unpaired) electrons. The van der Waals surface area contributed by atoms with Crippen molar-refractivity contribution in [2.24, 2.45) is 0 Å². The largest absolute Gasteiger partial charge is 0.378 e. The summed E-state index contributed by atoms with van der Waals surface area (Å²) in [6, 6.07) is 19.9. The van der Waals surface area contributed by atoms with Crippen LogP contribution in [0.5, 0.6) is 0 Å². The van der Waals surface area contributed by atoms with Crippen LogP contribution >= 0.6 is 0 Å². The van der Waals surface area contributed by atoms with Crippen molar-refractivity contribution in [3.63, 3.8) is 0 Å². The number of nitrogens with one attached hydrogen (secondary N) is 1. The fraction of sp³-hybridized carbons (Fsp3) is 0.417. The lowest BCUT2D eigenvalue weighted by atomic mass is 9.88. The van der Waals surface area contributed by atoms with Crippen molar-refractivity contribution in [1.29, 1.82) is 0 Å². The van der Waals surface area contributed by atoms with E-state index in [-0.39, 0.29) is 0 Å². The summed E-state index contributed by atoms with van der Waals surface area (Å²) in [6.45, 7) is 4.48. The minimum Gasteiger partial charge on any atom is -0.378 e. The highest BCUT2D eigenvalue weighted by atomic mass is 16.5. The second-order valence-corrected chi connectivity index (χ2v) is 7.39. The summed E-state index contributed by atoms with van der Waals surface area (Å²) in [6.07, 6.45) is 5.81. The van der Waals surface area contributed by atoms with E-state index in [1.807, 2.05) is 0 Å². The first-order valence-corrected chi connectivity index (χ1v) is 10.4. The van der Waals surface area contributed by atoms with E-state index < -0.39 is 0 Å². The number of rotatable bonds is 10. The molecule has 1 heterocycles. The van der Waals surface area contributed by atoms with Gasteiger partial charge < -0.3 is 19.4 Å². The molecule has 1 aliphatic carbocycles. The highest BCUT2D eigenvalue weighted by Gasteiger charge is 2.18. The Kier molecular flexibility index (Phi) is 6.77. The molecule has 0 aliphatic heterocycles. The van der Waals surface area contributed by atoms with Gasteiger partial charge in [-0.05, 0) is 47.9 Å². The summed E-state index contributed by atoms with van der Waals surface area (Å²) in [5.74, 6) is 0. The minimum absolute atomic E-state index is 0.473. The fourth-order valence-corrected chi connectivity index (χ4v) is 4.09. The van der Waals surface area contributed by atoms with Crippen molar-refractivity contribution in [3.8, 4) is 0 Å². The SMILES string of the molecule is c1ccc2c(c1)CCCC2NCCOCCOCCn1ccc2ccccc21. The molecule has 1 N–H and O–H groups in total. The lowest BCUT2D eigenvalue weighted by molar-refractivity contribution is 0.0454. The first-order valence-electron chi connectivity index (χ1n) is 10.4. The zero-order valence-corrected chi connectivity index (χ0v) is 16.5. The summed E-state index contributed by atoms with van der Waals surface area (Å²) in [5, 5.41) is 4.92. The van der Waals surface area contributed by atoms with Crippen LogP contribution in [0.3, 0.4) is 0 Å². The Labute approximate surface area is 167 Å². The molecule has 0 saturated heterocycles. The maximum absolute atomic E-state index is 5.73. The molecule has 3 aromatic rings.